The number of nitrogens with one attached hydrogen (secondary N) is 1. The Kier molecular flexibility index (Phi) is 4.45. The molecule has 2 fully saturated rings. The van der Waals surface area contributed by atoms with E-state index >= 15 is 0 Å². The Morgan fingerprint density at radius 3 is 2.59 bits per heavy atom. The van der Waals surface area contributed by atoms with Crippen molar-refractivity contribution in [3.63, 3.8) is 0 Å². The Balaban J connectivity index is 1.80. The molecule has 0 aromatic carbocycles. The number of hydrogen-bond donors (Lipinski definition) is 1. The standard InChI is InChI=1S/C14H29N3/c1-11(2)14(16(3)4)9-15-13-6-8-17-7-5-12(13)10-17/h11-15H,5-10H2,1-4H3. The lowest BCUT2D eigenvalue weighted by Gasteiger charge is -2.35. The van der Waals surface area contributed by atoms with Crippen molar-refractivity contribution < 1.29 is 0 Å². The molecule has 4 atom stereocenters. The van der Waals surface area contributed by atoms with Gasteiger partial charge in [0.1, 0.15) is 0 Å². The molecule has 0 amide bonds. The second kappa shape index (κ2) is 5.68. The van der Waals surface area contributed by atoms with Crippen molar-refractivity contribution in [1.82, 2.24) is 15.1 Å². The van der Waals surface area contributed by atoms with Gasteiger partial charge in [-0.2, -0.15) is 0 Å². The van der Waals surface area contributed by atoms with Crippen molar-refractivity contribution in [1.29, 1.82) is 0 Å². The van der Waals surface area contributed by atoms with E-state index in [4.69, 9.17) is 0 Å². The van der Waals surface area contributed by atoms with Crippen LogP contribution in [0.1, 0.15) is 26.7 Å². The fraction of sp³-hybridized carbons (Fsp3) is 1.00. The largest absolute Gasteiger partial charge is 0.312 e. The molecule has 0 saturated carbocycles. The van der Waals surface area contributed by atoms with Gasteiger partial charge in [0.05, 0.1) is 0 Å². The van der Waals surface area contributed by atoms with Crippen LogP contribution in [-0.2, 0) is 0 Å². The molecule has 17 heavy (non-hydrogen) atoms. The van der Waals surface area contributed by atoms with E-state index in [0.29, 0.717) is 6.04 Å². The summed E-state index contributed by atoms with van der Waals surface area (Å²) in [5, 5.41) is 3.84. The molecule has 3 heteroatoms. The molecular formula is C14H29N3. The second-order valence-corrected chi connectivity index (χ2v) is 6.43. The van der Waals surface area contributed by atoms with Gasteiger partial charge >= 0.3 is 0 Å². The predicted molar refractivity (Wildman–Crippen MR) is 73.3 cm³/mol. The lowest BCUT2D eigenvalue weighted by molar-refractivity contribution is 0.183. The van der Waals surface area contributed by atoms with Gasteiger partial charge in [-0.25, -0.2) is 0 Å². The summed E-state index contributed by atoms with van der Waals surface area (Å²) in [6.07, 6.45) is 2.76. The zero-order valence-electron chi connectivity index (χ0n) is 11.9. The third-order valence-electron chi connectivity index (χ3n) is 4.66. The Labute approximate surface area is 107 Å². The fourth-order valence-corrected chi connectivity index (χ4v) is 3.51. The number of hydrogen-bond acceptors (Lipinski definition) is 3. The first kappa shape index (κ1) is 13.3. The van der Waals surface area contributed by atoms with Gasteiger partial charge in [-0.15, -0.1) is 0 Å². The molecule has 0 aromatic heterocycles. The maximum Gasteiger partial charge on any atom is 0.0237 e. The minimum absolute atomic E-state index is 0.662. The average Bonchev–Trinajstić information content (AvgIpc) is 2.63. The highest BCUT2D eigenvalue weighted by atomic mass is 15.2. The normalized spacial score (nSPS) is 34.6. The first-order chi connectivity index (χ1) is 8.08. The molecule has 2 heterocycles. The molecule has 2 saturated heterocycles. The van der Waals surface area contributed by atoms with Crippen molar-refractivity contribution in [3.8, 4) is 0 Å². The SMILES string of the molecule is CC(C)C(CNC1CCN2CCC1C2)N(C)C. The van der Waals surface area contributed by atoms with E-state index < -0.39 is 0 Å². The Hall–Kier alpha value is -0.120. The van der Waals surface area contributed by atoms with Crippen LogP contribution in [0.25, 0.3) is 0 Å². The lowest BCUT2D eigenvalue weighted by atomic mass is 9.93. The molecular weight excluding hydrogens is 210 g/mol. The predicted octanol–water partition coefficient (Wildman–Crippen LogP) is 1.26. The molecule has 4 unspecified atom stereocenters. The summed E-state index contributed by atoms with van der Waals surface area (Å²) in [6.45, 7) is 9.78. The molecule has 2 rings (SSSR count). The van der Waals surface area contributed by atoms with Crippen molar-refractivity contribution in [2.45, 2.75) is 38.8 Å². The molecule has 2 bridgehead atoms. The van der Waals surface area contributed by atoms with Crippen LogP contribution < -0.4 is 5.32 Å². The number of nitrogens with zero attached hydrogens (tertiary/aromatic N) is 2. The molecule has 1 N–H and O–H groups in total. The van der Waals surface area contributed by atoms with Crippen LogP contribution in [0.2, 0.25) is 0 Å². The topological polar surface area (TPSA) is 18.5 Å². The minimum atomic E-state index is 0.662. The van der Waals surface area contributed by atoms with Crippen LogP contribution in [0.3, 0.4) is 0 Å². The summed E-state index contributed by atoms with van der Waals surface area (Å²) in [5.74, 6) is 1.64. The molecule has 0 spiro atoms. The van der Waals surface area contributed by atoms with Crippen LogP contribution in [-0.4, -0.2) is 62.2 Å². The van der Waals surface area contributed by atoms with Crippen molar-refractivity contribution >= 4 is 0 Å². The average molecular weight is 239 g/mol. The van der Waals surface area contributed by atoms with Crippen LogP contribution in [0, 0.1) is 11.8 Å². The van der Waals surface area contributed by atoms with Crippen LogP contribution in [0.4, 0.5) is 0 Å². The lowest BCUT2D eigenvalue weighted by Crippen LogP contribution is -2.49. The summed E-state index contributed by atoms with van der Waals surface area (Å²) in [5.41, 5.74) is 0. The monoisotopic (exact) mass is 239 g/mol. The van der Waals surface area contributed by atoms with E-state index in [2.05, 4.69) is 43.1 Å². The highest BCUT2D eigenvalue weighted by molar-refractivity contribution is 4.91. The van der Waals surface area contributed by atoms with Gasteiger partial charge in [0.2, 0.25) is 0 Å². The third kappa shape index (κ3) is 3.21. The first-order valence-electron chi connectivity index (χ1n) is 7.20. The molecule has 0 radical (unpaired) electrons. The van der Waals surface area contributed by atoms with Crippen molar-refractivity contribution in [2.24, 2.45) is 11.8 Å². The maximum absolute atomic E-state index is 3.84. The summed E-state index contributed by atoms with van der Waals surface area (Å²) >= 11 is 0. The van der Waals surface area contributed by atoms with Crippen molar-refractivity contribution in [2.75, 3.05) is 40.3 Å². The maximum atomic E-state index is 3.84. The summed E-state index contributed by atoms with van der Waals surface area (Å²) in [7, 11) is 4.40. The summed E-state index contributed by atoms with van der Waals surface area (Å²) in [6, 6.07) is 1.43. The Morgan fingerprint density at radius 2 is 1.94 bits per heavy atom. The van der Waals surface area contributed by atoms with Gasteiger partial charge in [-0.3, -0.25) is 0 Å². The second-order valence-electron chi connectivity index (χ2n) is 6.43. The molecule has 0 aliphatic carbocycles. The molecule has 100 valence electrons. The molecule has 2 aliphatic rings. The van der Waals surface area contributed by atoms with Gasteiger partial charge in [0, 0.05) is 25.2 Å². The fourth-order valence-electron chi connectivity index (χ4n) is 3.51. The zero-order chi connectivity index (χ0) is 12.4. The smallest absolute Gasteiger partial charge is 0.0237 e. The van der Waals surface area contributed by atoms with Gasteiger partial charge in [-0.05, 0) is 51.9 Å². The molecule has 2 aliphatic heterocycles. The van der Waals surface area contributed by atoms with Crippen molar-refractivity contribution in [3.05, 3.63) is 0 Å². The quantitative estimate of drug-likeness (QED) is 0.779. The van der Waals surface area contributed by atoms with E-state index in [1.807, 2.05) is 0 Å². The van der Waals surface area contributed by atoms with Gasteiger partial charge < -0.3 is 15.1 Å². The van der Waals surface area contributed by atoms with E-state index in [1.54, 1.807) is 0 Å². The summed E-state index contributed by atoms with van der Waals surface area (Å²) < 4.78 is 0. The van der Waals surface area contributed by atoms with Crippen LogP contribution in [0.15, 0.2) is 0 Å². The van der Waals surface area contributed by atoms with E-state index in [9.17, 15) is 0 Å². The Morgan fingerprint density at radius 1 is 1.24 bits per heavy atom. The van der Waals surface area contributed by atoms with E-state index in [-0.39, 0.29) is 0 Å². The number of likely N-dealkylation sites (N-methyl/N-ethyl adjacent to an activating group) is 1. The third-order valence-corrected chi connectivity index (χ3v) is 4.66. The van der Waals surface area contributed by atoms with E-state index in [0.717, 1.165) is 24.4 Å². The van der Waals surface area contributed by atoms with Gasteiger partial charge in [-0.1, -0.05) is 13.8 Å². The minimum Gasteiger partial charge on any atom is -0.312 e. The zero-order valence-corrected chi connectivity index (χ0v) is 11.9. The highest BCUT2D eigenvalue weighted by Crippen LogP contribution is 2.27. The number of fused-ring (bicyclic) bond motifs is 2. The first-order valence-corrected chi connectivity index (χ1v) is 7.20. The number of piperidine rings is 1. The van der Waals surface area contributed by atoms with Crippen LogP contribution in [0.5, 0.6) is 0 Å². The van der Waals surface area contributed by atoms with E-state index in [1.165, 1.54) is 32.5 Å². The Bertz CT molecular complexity index is 232. The van der Waals surface area contributed by atoms with Crippen LogP contribution >= 0.6 is 0 Å². The highest BCUT2D eigenvalue weighted by Gasteiger charge is 2.34. The molecule has 0 aromatic rings. The summed E-state index contributed by atoms with van der Waals surface area (Å²) in [4.78, 5) is 4.98. The van der Waals surface area contributed by atoms with Gasteiger partial charge in [0.15, 0.2) is 0 Å². The molecule has 3 nitrogen and oxygen atoms in total. The number of rotatable bonds is 5. The van der Waals surface area contributed by atoms with Gasteiger partial charge in [0.25, 0.3) is 0 Å².